The van der Waals surface area contributed by atoms with Crippen LogP contribution < -0.4 is 10.2 Å². The number of hydrogen-bond acceptors (Lipinski definition) is 3. The van der Waals surface area contributed by atoms with Gasteiger partial charge in [0.1, 0.15) is 5.82 Å². The van der Waals surface area contributed by atoms with E-state index in [0.29, 0.717) is 0 Å². The van der Waals surface area contributed by atoms with Crippen LogP contribution in [0.1, 0.15) is 51.0 Å². The van der Waals surface area contributed by atoms with E-state index < -0.39 is 0 Å². The number of nitrogens with one attached hydrogen (secondary N) is 1. The maximum absolute atomic E-state index is 4.61. The normalized spacial score (nSPS) is 22.6. The van der Waals surface area contributed by atoms with Gasteiger partial charge in [-0.3, -0.25) is 4.99 Å². The van der Waals surface area contributed by atoms with E-state index in [4.69, 9.17) is 0 Å². The average molecular weight is 344 g/mol. The Balaban J connectivity index is 1.59. The smallest absolute Gasteiger partial charge is 0.193 e. The first kappa shape index (κ1) is 18.0. The monoisotopic (exact) mass is 343 g/mol. The average Bonchev–Trinajstić information content (AvgIpc) is 2.92. The molecule has 1 aromatic rings. The standard InChI is InChI=1S/C20H33N5/c1-17-8-7-13-25(16-17)20(21-2)23-15-18-9-10-22-19(14-18)24-11-5-3-4-6-12-24/h9-10,14,17H,3-8,11-13,15-16H2,1-2H3,(H,21,23). The van der Waals surface area contributed by atoms with E-state index in [1.54, 1.807) is 0 Å². The summed E-state index contributed by atoms with van der Waals surface area (Å²) in [5.74, 6) is 2.91. The van der Waals surface area contributed by atoms with E-state index in [1.807, 2.05) is 13.2 Å². The fourth-order valence-electron chi connectivity index (χ4n) is 3.94. The number of pyridine rings is 1. The molecule has 1 atom stereocenters. The van der Waals surface area contributed by atoms with Crippen LogP contribution in [0.25, 0.3) is 0 Å². The van der Waals surface area contributed by atoms with E-state index >= 15 is 0 Å². The lowest BCUT2D eigenvalue weighted by Gasteiger charge is -2.33. The molecule has 3 rings (SSSR count). The van der Waals surface area contributed by atoms with Crippen molar-refractivity contribution in [2.75, 3.05) is 38.1 Å². The highest BCUT2D eigenvalue weighted by molar-refractivity contribution is 5.80. The zero-order valence-electron chi connectivity index (χ0n) is 15.9. The van der Waals surface area contributed by atoms with E-state index in [1.165, 1.54) is 44.1 Å². The van der Waals surface area contributed by atoms with Gasteiger partial charge in [0.15, 0.2) is 5.96 Å². The number of hydrogen-bond donors (Lipinski definition) is 1. The minimum absolute atomic E-state index is 0.753. The Morgan fingerprint density at radius 1 is 1.20 bits per heavy atom. The molecular weight excluding hydrogens is 310 g/mol. The van der Waals surface area contributed by atoms with E-state index in [9.17, 15) is 0 Å². The van der Waals surface area contributed by atoms with Gasteiger partial charge in [-0.2, -0.15) is 0 Å². The predicted octanol–water partition coefficient (Wildman–Crippen LogP) is 3.27. The molecule has 138 valence electrons. The molecule has 0 amide bonds. The number of guanidine groups is 1. The summed E-state index contributed by atoms with van der Waals surface area (Å²) >= 11 is 0. The fraction of sp³-hybridized carbons (Fsp3) is 0.700. The maximum Gasteiger partial charge on any atom is 0.193 e. The molecule has 1 N–H and O–H groups in total. The van der Waals surface area contributed by atoms with Crippen molar-refractivity contribution in [1.82, 2.24) is 15.2 Å². The summed E-state index contributed by atoms with van der Waals surface area (Å²) in [7, 11) is 1.89. The van der Waals surface area contributed by atoms with Gasteiger partial charge in [0, 0.05) is 46.0 Å². The summed E-state index contributed by atoms with van der Waals surface area (Å²) < 4.78 is 0. The van der Waals surface area contributed by atoms with Gasteiger partial charge >= 0.3 is 0 Å². The minimum Gasteiger partial charge on any atom is -0.357 e. The van der Waals surface area contributed by atoms with Crippen molar-refractivity contribution in [2.45, 2.75) is 52.0 Å². The Bertz CT molecular complexity index is 563. The Morgan fingerprint density at radius 3 is 2.72 bits per heavy atom. The molecule has 1 aromatic heterocycles. The van der Waals surface area contributed by atoms with E-state index in [-0.39, 0.29) is 0 Å². The van der Waals surface area contributed by atoms with Gasteiger partial charge in [0.05, 0.1) is 0 Å². The zero-order valence-corrected chi connectivity index (χ0v) is 15.9. The third kappa shape index (κ3) is 5.10. The summed E-state index contributed by atoms with van der Waals surface area (Å²) in [6, 6.07) is 4.35. The summed E-state index contributed by atoms with van der Waals surface area (Å²) in [4.78, 5) is 13.9. The first-order valence-electron chi connectivity index (χ1n) is 9.92. The van der Waals surface area contributed by atoms with E-state index in [2.05, 4.69) is 44.1 Å². The van der Waals surface area contributed by atoms with E-state index in [0.717, 1.165) is 50.4 Å². The molecule has 5 nitrogen and oxygen atoms in total. The van der Waals surface area contributed by atoms with Gasteiger partial charge in [-0.05, 0) is 49.3 Å². The van der Waals surface area contributed by atoms with Gasteiger partial charge in [-0.25, -0.2) is 4.98 Å². The van der Waals surface area contributed by atoms with Crippen molar-refractivity contribution < 1.29 is 0 Å². The SMILES string of the molecule is CN=C(NCc1ccnc(N2CCCCCC2)c1)N1CCCC(C)C1. The number of aliphatic imine (C=N–C) groups is 1. The lowest BCUT2D eigenvalue weighted by Crippen LogP contribution is -2.45. The first-order chi connectivity index (χ1) is 12.3. The van der Waals surface area contributed by atoms with Crippen LogP contribution in [-0.4, -0.2) is 49.1 Å². The molecule has 5 heteroatoms. The van der Waals surface area contributed by atoms with Crippen LogP contribution in [0.5, 0.6) is 0 Å². The summed E-state index contributed by atoms with van der Waals surface area (Å²) in [6.07, 6.45) is 9.80. The van der Waals surface area contributed by atoms with Crippen LogP contribution in [0.15, 0.2) is 23.3 Å². The van der Waals surface area contributed by atoms with Gasteiger partial charge in [0.2, 0.25) is 0 Å². The Hall–Kier alpha value is -1.78. The molecule has 0 aliphatic carbocycles. The molecule has 0 spiro atoms. The summed E-state index contributed by atoms with van der Waals surface area (Å²) in [5, 5.41) is 3.55. The van der Waals surface area contributed by atoms with Crippen LogP contribution in [0.2, 0.25) is 0 Å². The Labute approximate surface area is 152 Å². The van der Waals surface area contributed by atoms with Gasteiger partial charge in [-0.15, -0.1) is 0 Å². The van der Waals surface area contributed by atoms with Crippen molar-refractivity contribution in [1.29, 1.82) is 0 Å². The lowest BCUT2D eigenvalue weighted by molar-refractivity contribution is 0.266. The minimum atomic E-state index is 0.753. The molecule has 2 fully saturated rings. The zero-order chi connectivity index (χ0) is 17.5. The highest BCUT2D eigenvalue weighted by Gasteiger charge is 2.19. The van der Waals surface area contributed by atoms with Crippen molar-refractivity contribution in [2.24, 2.45) is 10.9 Å². The number of likely N-dealkylation sites (tertiary alicyclic amines) is 1. The largest absolute Gasteiger partial charge is 0.357 e. The van der Waals surface area contributed by atoms with Crippen molar-refractivity contribution in [3.05, 3.63) is 23.9 Å². The molecule has 3 heterocycles. The third-order valence-corrected chi connectivity index (χ3v) is 5.36. The molecular formula is C20H33N5. The molecule has 2 aliphatic heterocycles. The fourth-order valence-corrected chi connectivity index (χ4v) is 3.94. The molecule has 2 aliphatic rings. The van der Waals surface area contributed by atoms with Crippen molar-refractivity contribution in [3.63, 3.8) is 0 Å². The number of nitrogens with zero attached hydrogens (tertiary/aromatic N) is 4. The first-order valence-corrected chi connectivity index (χ1v) is 9.92. The van der Waals surface area contributed by atoms with Crippen LogP contribution in [-0.2, 0) is 6.54 Å². The third-order valence-electron chi connectivity index (χ3n) is 5.36. The summed E-state index contributed by atoms with van der Waals surface area (Å²) in [6.45, 7) is 7.62. The van der Waals surface area contributed by atoms with Crippen LogP contribution in [0.3, 0.4) is 0 Å². The topological polar surface area (TPSA) is 43.8 Å². The molecule has 0 saturated carbocycles. The van der Waals surface area contributed by atoms with Crippen LogP contribution in [0.4, 0.5) is 5.82 Å². The maximum atomic E-state index is 4.61. The van der Waals surface area contributed by atoms with Crippen LogP contribution in [0, 0.1) is 5.92 Å². The quantitative estimate of drug-likeness (QED) is 0.676. The van der Waals surface area contributed by atoms with Gasteiger partial charge < -0.3 is 15.1 Å². The second-order valence-corrected chi connectivity index (χ2v) is 7.52. The van der Waals surface area contributed by atoms with Gasteiger partial charge in [-0.1, -0.05) is 19.8 Å². The highest BCUT2D eigenvalue weighted by Crippen LogP contribution is 2.19. The Kier molecular flexibility index (Phi) is 6.54. The van der Waals surface area contributed by atoms with Crippen molar-refractivity contribution in [3.8, 4) is 0 Å². The second-order valence-electron chi connectivity index (χ2n) is 7.52. The molecule has 0 radical (unpaired) electrons. The Morgan fingerprint density at radius 2 is 2.00 bits per heavy atom. The molecule has 1 unspecified atom stereocenters. The number of anilines is 1. The highest BCUT2D eigenvalue weighted by atomic mass is 15.3. The number of aromatic nitrogens is 1. The molecule has 2 saturated heterocycles. The number of rotatable bonds is 3. The van der Waals surface area contributed by atoms with Crippen LogP contribution >= 0.6 is 0 Å². The van der Waals surface area contributed by atoms with Gasteiger partial charge in [0.25, 0.3) is 0 Å². The number of piperidine rings is 1. The van der Waals surface area contributed by atoms with Crippen molar-refractivity contribution >= 4 is 11.8 Å². The second kappa shape index (κ2) is 9.07. The molecule has 25 heavy (non-hydrogen) atoms. The summed E-state index contributed by atoms with van der Waals surface area (Å²) in [5.41, 5.74) is 1.28. The molecule has 0 aromatic carbocycles. The lowest BCUT2D eigenvalue weighted by atomic mass is 10.0. The molecule has 0 bridgehead atoms. The predicted molar refractivity (Wildman–Crippen MR) is 105 cm³/mol.